The summed E-state index contributed by atoms with van der Waals surface area (Å²) in [5.74, 6) is 0.220. The highest BCUT2D eigenvalue weighted by atomic mass is 16.4. The minimum Gasteiger partial charge on any atom is -0.481 e. The van der Waals surface area contributed by atoms with E-state index >= 15 is 0 Å². The number of hydrogen-bond acceptors (Lipinski definition) is 4. The fourth-order valence-corrected chi connectivity index (χ4v) is 2.72. The lowest BCUT2D eigenvalue weighted by molar-refractivity contribution is -0.148. The zero-order valence-corrected chi connectivity index (χ0v) is 11.0. The van der Waals surface area contributed by atoms with Crippen LogP contribution in [0.5, 0.6) is 0 Å². The molecule has 0 aromatic carbocycles. The first kappa shape index (κ1) is 13.0. The van der Waals surface area contributed by atoms with Gasteiger partial charge < -0.3 is 5.11 Å². The van der Waals surface area contributed by atoms with Crippen molar-refractivity contribution in [1.82, 2.24) is 19.7 Å². The van der Waals surface area contributed by atoms with Crippen molar-refractivity contribution < 1.29 is 9.90 Å². The first-order chi connectivity index (χ1) is 8.57. The molecule has 2 rings (SSSR count). The van der Waals surface area contributed by atoms with Crippen molar-refractivity contribution in [1.29, 1.82) is 0 Å². The predicted octanol–water partition coefficient (Wildman–Crippen LogP) is 0.892. The molecule has 6 heteroatoms. The third-order valence-electron chi connectivity index (χ3n) is 3.79. The van der Waals surface area contributed by atoms with E-state index in [2.05, 4.69) is 15.0 Å². The minimum absolute atomic E-state index is 0.562. The highest BCUT2D eigenvalue weighted by molar-refractivity contribution is 5.75. The summed E-state index contributed by atoms with van der Waals surface area (Å²) in [5, 5.41) is 13.5. The maximum atomic E-state index is 11.5. The molecule has 0 radical (unpaired) electrons. The van der Waals surface area contributed by atoms with Crippen LogP contribution in [0.15, 0.2) is 6.33 Å². The normalized spacial score (nSPS) is 24.6. The molecule has 1 aliphatic rings. The SMILES string of the molecule is CCCC1(C(=O)O)CCN(Cc2ncnn2C)C1. The molecule has 0 amide bonds. The zero-order chi connectivity index (χ0) is 13.2. The van der Waals surface area contributed by atoms with E-state index in [4.69, 9.17) is 0 Å². The Labute approximate surface area is 107 Å². The molecule has 6 nitrogen and oxygen atoms in total. The number of aryl methyl sites for hydroxylation is 1. The van der Waals surface area contributed by atoms with E-state index in [1.54, 1.807) is 4.68 Å². The first-order valence-electron chi connectivity index (χ1n) is 6.36. The van der Waals surface area contributed by atoms with Crippen molar-refractivity contribution in [2.45, 2.75) is 32.7 Å². The summed E-state index contributed by atoms with van der Waals surface area (Å²) in [4.78, 5) is 17.8. The summed E-state index contributed by atoms with van der Waals surface area (Å²) in [6, 6.07) is 0. The van der Waals surface area contributed by atoms with Gasteiger partial charge in [-0.15, -0.1) is 0 Å². The van der Waals surface area contributed by atoms with Crippen molar-refractivity contribution >= 4 is 5.97 Å². The van der Waals surface area contributed by atoms with Crippen LogP contribution in [0.3, 0.4) is 0 Å². The number of aromatic nitrogens is 3. The van der Waals surface area contributed by atoms with Crippen LogP contribution >= 0.6 is 0 Å². The summed E-state index contributed by atoms with van der Waals surface area (Å²) in [5.41, 5.74) is -0.562. The lowest BCUT2D eigenvalue weighted by Crippen LogP contribution is -2.34. The molecule has 1 aromatic heterocycles. The van der Waals surface area contributed by atoms with E-state index in [1.165, 1.54) is 6.33 Å². The Kier molecular flexibility index (Phi) is 3.65. The molecule has 1 atom stereocenters. The van der Waals surface area contributed by atoms with E-state index in [0.29, 0.717) is 13.1 Å². The second-order valence-electron chi connectivity index (χ2n) is 5.10. The van der Waals surface area contributed by atoms with Crippen LogP contribution in [0, 0.1) is 5.41 Å². The maximum absolute atomic E-state index is 11.5. The Balaban J connectivity index is 2.03. The number of hydrogen-bond donors (Lipinski definition) is 1. The second-order valence-corrected chi connectivity index (χ2v) is 5.10. The predicted molar refractivity (Wildman–Crippen MR) is 65.9 cm³/mol. The van der Waals surface area contributed by atoms with Gasteiger partial charge in [0.2, 0.25) is 0 Å². The molecule has 1 unspecified atom stereocenters. The number of nitrogens with zero attached hydrogens (tertiary/aromatic N) is 4. The Morgan fingerprint density at radius 3 is 2.94 bits per heavy atom. The van der Waals surface area contributed by atoms with E-state index in [0.717, 1.165) is 31.6 Å². The van der Waals surface area contributed by atoms with E-state index in [-0.39, 0.29) is 0 Å². The van der Waals surface area contributed by atoms with Gasteiger partial charge in [0, 0.05) is 13.6 Å². The molecule has 0 bridgehead atoms. The van der Waals surface area contributed by atoms with Crippen LogP contribution in [-0.4, -0.2) is 43.8 Å². The molecule has 1 N–H and O–H groups in total. The number of rotatable bonds is 5. The van der Waals surface area contributed by atoms with Crippen LogP contribution in [0.4, 0.5) is 0 Å². The zero-order valence-electron chi connectivity index (χ0n) is 11.0. The van der Waals surface area contributed by atoms with Crippen LogP contribution in [0.2, 0.25) is 0 Å². The van der Waals surface area contributed by atoms with Gasteiger partial charge in [-0.3, -0.25) is 14.4 Å². The Bertz CT molecular complexity index is 431. The molecule has 1 fully saturated rings. The highest BCUT2D eigenvalue weighted by Crippen LogP contribution is 2.35. The number of carboxylic acids is 1. The van der Waals surface area contributed by atoms with Crippen molar-refractivity contribution in [2.24, 2.45) is 12.5 Å². The molecule has 1 saturated heterocycles. The van der Waals surface area contributed by atoms with Crippen molar-refractivity contribution in [3.8, 4) is 0 Å². The number of likely N-dealkylation sites (tertiary alicyclic amines) is 1. The van der Waals surface area contributed by atoms with E-state index < -0.39 is 11.4 Å². The minimum atomic E-state index is -0.662. The number of aliphatic carboxylic acids is 1. The fourth-order valence-electron chi connectivity index (χ4n) is 2.72. The van der Waals surface area contributed by atoms with Crippen LogP contribution in [0.1, 0.15) is 32.0 Å². The summed E-state index contributed by atoms with van der Waals surface area (Å²) in [6.45, 7) is 4.15. The highest BCUT2D eigenvalue weighted by Gasteiger charge is 2.43. The van der Waals surface area contributed by atoms with Gasteiger partial charge in [0.25, 0.3) is 0 Å². The maximum Gasteiger partial charge on any atom is 0.310 e. The molecule has 0 saturated carbocycles. The average Bonchev–Trinajstić information content (AvgIpc) is 2.89. The summed E-state index contributed by atoms with van der Waals surface area (Å²) < 4.78 is 1.74. The molecular formula is C12H20N4O2. The van der Waals surface area contributed by atoms with Gasteiger partial charge in [-0.25, -0.2) is 4.98 Å². The Morgan fingerprint density at radius 2 is 2.39 bits per heavy atom. The quantitative estimate of drug-likeness (QED) is 0.842. The molecule has 18 heavy (non-hydrogen) atoms. The molecule has 100 valence electrons. The van der Waals surface area contributed by atoms with Gasteiger partial charge in [-0.2, -0.15) is 5.10 Å². The molecule has 2 heterocycles. The second kappa shape index (κ2) is 5.06. The molecule has 1 aromatic rings. The van der Waals surface area contributed by atoms with Crippen LogP contribution in [-0.2, 0) is 18.4 Å². The van der Waals surface area contributed by atoms with Gasteiger partial charge in [0.05, 0.1) is 12.0 Å². The standard InChI is InChI=1S/C12H20N4O2/c1-3-4-12(11(17)18)5-6-16(8-12)7-10-13-9-14-15(10)2/h9H,3-8H2,1-2H3,(H,17,18). The van der Waals surface area contributed by atoms with Gasteiger partial charge >= 0.3 is 5.97 Å². The van der Waals surface area contributed by atoms with Crippen molar-refractivity contribution in [3.63, 3.8) is 0 Å². The van der Waals surface area contributed by atoms with Crippen molar-refractivity contribution in [2.75, 3.05) is 13.1 Å². The third-order valence-corrected chi connectivity index (χ3v) is 3.79. The Morgan fingerprint density at radius 1 is 1.61 bits per heavy atom. The molecule has 1 aliphatic heterocycles. The number of carbonyl (C=O) groups is 1. The lowest BCUT2D eigenvalue weighted by Gasteiger charge is -2.24. The first-order valence-corrected chi connectivity index (χ1v) is 6.36. The largest absolute Gasteiger partial charge is 0.481 e. The summed E-state index contributed by atoms with van der Waals surface area (Å²) in [6.07, 6.45) is 3.91. The molecule has 0 spiro atoms. The smallest absolute Gasteiger partial charge is 0.310 e. The summed E-state index contributed by atoms with van der Waals surface area (Å²) in [7, 11) is 1.86. The fraction of sp³-hybridized carbons (Fsp3) is 0.750. The van der Waals surface area contributed by atoms with Crippen molar-refractivity contribution in [3.05, 3.63) is 12.2 Å². The van der Waals surface area contributed by atoms with E-state index in [9.17, 15) is 9.90 Å². The van der Waals surface area contributed by atoms with E-state index in [1.807, 2.05) is 14.0 Å². The number of carboxylic acid groups (broad SMARTS) is 1. The third kappa shape index (κ3) is 2.38. The van der Waals surface area contributed by atoms with Gasteiger partial charge in [0.1, 0.15) is 12.2 Å². The van der Waals surface area contributed by atoms with Gasteiger partial charge in [0.15, 0.2) is 0 Å². The Hall–Kier alpha value is -1.43. The topological polar surface area (TPSA) is 71.2 Å². The van der Waals surface area contributed by atoms with Gasteiger partial charge in [-0.1, -0.05) is 13.3 Å². The van der Waals surface area contributed by atoms with Gasteiger partial charge in [-0.05, 0) is 19.4 Å². The van der Waals surface area contributed by atoms with Crippen LogP contribution < -0.4 is 0 Å². The molecular weight excluding hydrogens is 232 g/mol. The molecule has 0 aliphatic carbocycles. The van der Waals surface area contributed by atoms with Crippen LogP contribution in [0.25, 0.3) is 0 Å². The lowest BCUT2D eigenvalue weighted by atomic mass is 9.83. The summed E-state index contributed by atoms with van der Waals surface area (Å²) >= 11 is 0. The monoisotopic (exact) mass is 252 g/mol. The average molecular weight is 252 g/mol.